The quantitative estimate of drug-likeness (QED) is 0.240. The Morgan fingerprint density at radius 2 is 1.90 bits per heavy atom. The highest BCUT2D eigenvalue weighted by Crippen LogP contribution is 2.40. The van der Waals surface area contributed by atoms with Crippen molar-refractivity contribution in [2.24, 2.45) is 11.8 Å². The van der Waals surface area contributed by atoms with Gasteiger partial charge in [-0.25, -0.2) is 4.79 Å². The van der Waals surface area contributed by atoms with E-state index in [1.54, 1.807) is 6.07 Å². The van der Waals surface area contributed by atoms with Crippen LogP contribution in [0.1, 0.15) is 64.2 Å². The molecule has 2 aromatic rings. The number of carbonyl (C=O) groups is 3. The topological polar surface area (TPSA) is 117 Å². The van der Waals surface area contributed by atoms with E-state index in [0.717, 1.165) is 23.1 Å². The van der Waals surface area contributed by atoms with Crippen molar-refractivity contribution in [2.75, 3.05) is 13.2 Å². The van der Waals surface area contributed by atoms with Gasteiger partial charge in [-0.05, 0) is 60.4 Å². The summed E-state index contributed by atoms with van der Waals surface area (Å²) in [5.74, 6) is -0.429. The third-order valence-corrected chi connectivity index (χ3v) is 8.32. The lowest BCUT2D eigenvalue weighted by Crippen LogP contribution is -2.45. The number of ether oxygens (including phenoxy) is 1. The van der Waals surface area contributed by atoms with Crippen LogP contribution in [0.25, 0.3) is 0 Å². The number of amides is 3. The van der Waals surface area contributed by atoms with Gasteiger partial charge in [-0.2, -0.15) is 0 Å². The van der Waals surface area contributed by atoms with Crippen molar-refractivity contribution >= 4 is 41.5 Å². The van der Waals surface area contributed by atoms with E-state index in [9.17, 15) is 19.5 Å². The molecule has 1 fully saturated rings. The minimum Gasteiger partial charge on any atom is -0.440 e. The predicted molar refractivity (Wildman–Crippen MR) is 159 cm³/mol. The maximum atomic E-state index is 13.2. The number of carbonyl (C=O) groups excluding carboxylic acids is 3. The number of benzene rings is 2. The van der Waals surface area contributed by atoms with Gasteiger partial charge < -0.3 is 20.5 Å². The molecule has 1 aliphatic heterocycles. The summed E-state index contributed by atoms with van der Waals surface area (Å²) in [7, 11) is 0. The standard InChI is InChI=1S/C30H40ClN3O5S/c1-19(2)15-25(28(37)33-24(18-35)16-21-13-14-32-27(21)36)40-34-29(38)39-26(20-9-6-5-7-10-20)30(3,4)22-11-8-12-23(31)17-22/h5-12,17,19,21,24-26,35H,13-16,18H2,1-4H3,(H,32,36)(H,33,37)(H,34,38)/t21-,24-,25-,26-/m0/s1. The summed E-state index contributed by atoms with van der Waals surface area (Å²) < 4.78 is 8.72. The van der Waals surface area contributed by atoms with Gasteiger partial charge in [0.2, 0.25) is 11.8 Å². The first-order chi connectivity index (χ1) is 19.0. The van der Waals surface area contributed by atoms with Crippen molar-refractivity contribution in [1.29, 1.82) is 0 Å². The third kappa shape index (κ3) is 8.88. The van der Waals surface area contributed by atoms with Gasteiger partial charge in [-0.3, -0.25) is 14.3 Å². The van der Waals surface area contributed by atoms with Crippen molar-refractivity contribution in [3.63, 3.8) is 0 Å². The fourth-order valence-corrected chi connectivity index (χ4v) is 6.01. The number of halogens is 1. The number of hydrogen-bond acceptors (Lipinski definition) is 6. The molecule has 3 amide bonds. The van der Waals surface area contributed by atoms with Gasteiger partial charge in [0.05, 0.1) is 12.6 Å². The Kier molecular flexibility index (Phi) is 11.7. The van der Waals surface area contributed by atoms with E-state index in [-0.39, 0.29) is 30.3 Å². The lowest BCUT2D eigenvalue weighted by atomic mass is 9.76. The SMILES string of the molecule is CC(C)C[C@H](SNC(=O)O[C@@H](c1ccccc1)C(C)(C)c1cccc(Cl)c1)C(=O)N[C@H](CO)C[C@@H]1CCNC1=O. The molecule has 218 valence electrons. The van der Waals surface area contributed by atoms with Gasteiger partial charge >= 0.3 is 6.09 Å². The van der Waals surface area contributed by atoms with E-state index in [0.29, 0.717) is 30.8 Å². The lowest BCUT2D eigenvalue weighted by Gasteiger charge is -2.35. The van der Waals surface area contributed by atoms with E-state index < -0.39 is 28.9 Å². The van der Waals surface area contributed by atoms with Crippen LogP contribution in [0.5, 0.6) is 0 Å². The van der Waals surface area contributed by atoms with Crippen molar-refractivity contribution in [3.8, 4) is 0 Å². The zero-order valence-electron chi connectivity index (χ0n) is 23.5. The first kappa shape index (κ1) is 31.8. The monoisotopic (exact) mass is 589 g/mol. The maximum absolute atomic E-state index is 13.2. The number of aliphatic hydroxyl groups is 1. The normalized spacial score (nSPS) is 17.6. The summed E-state index contributed by atoms with van der Waals surface area (Å²) in [6, 6.07) is 16.4. The van der Waals surface area contributed by atoms with Gasteiger partial charge in [-0.1, -0.05) is 81.8 Å². The predicted octanol–water partition coefficient (Wildman–Crippen LogP) is 5.15. The Labute approximate surface area is 246 Å². The number of nitrogens with one attached hydrogen (secondary N) is 3. The zero-order chi connectivity index (χ0) is 29.3. The molecular weight excluding hydrogens is 550 g/mol. The van der Waals surface area contributed by atoms with Gasteiger partial charge in [0, 0.05) is 22.9 Å². The van der Waals surface area contributed by atoms with Crippen molar-refractivity contribution in [3.05, 3.63) is 70.7 Å². The third-order valence-electron chi connectivity index (χ3n) is 7.11. The summed E-state index contributed by atoms with van der Waals surface area (Å²) in [5.41, 5.74) is 1.12. The van der Waals surface area contributed by atoms with Crippen molar-refractivity contribution in [1.82, 2.24) is 15.4 Å². The van der Waals surface area contributed by atoms with Gasteiger partial charge in [0.25, 0.3) is 0 Å². The molecule has 2 aromatic carbocycles. The second-order valence-corrected chi connectivity index (χ2v) is 12.6. The zero-order valence-corrected chi connectivity index (χ0v) is 25.1. The maximum Gasteiger partial charge on any atom is 0.417 e. The number of hydrogen-bond donors (Lipinski definition) is 4. The van der Waals surface area contributed by atoms with Crippen LogP contribution in [0.2, 0.25) is 5.02 Å². The summed E-state index contributed by atoms with van der Waals surface area (Å²) in [6.07, 6.45) is 0.226. The highest BCUT2D eigenvalue weighted by atomic mass is 35.5. The van der Waals surface area contributed by atoms with Gasteiger partial charge in [0.15, 0.2) is 0 Å². The van der Waals surface area contributed by atoms with Crippen LogP contribution >= 0.6 is 23.5 Å². The number of aliphatic hydroxyl groups excluding tert-OH is 1. The highest BCUT2D eigenvalue weighted by molar-refractivity contribution is 7.99. The second-order valence-electron chi connectivity index (χ2n) is 11.2. The second kappa shape index (κ2) is 14.8. The molecule has 1 aliphatic rings. The smallest absolute Gasteiger partial charge is 0.417 e. The van der Waals surface area contributed by atoms with Crippen LogP contribution in [0, 0.1) is 11.8 Å². The molecule has 10 heteroatoms. The molecule has 8 nitrogen and oxygen atoms in total. The molecule has 4 N–H and O–H groups in total. The van der Waals surface area contributed by atoms with Gasteiger partial charge in [0.1, 0.15) is 11.4 Å². The van der Waals surface area contributed by atoms with Crippen molar-refractivity contribution < 1.29 is 24.2 Å². The largest absolute Gasteiger partial charge is 0.440 e. The van der Waals surface area contributed by atoms with E-state index in [4.69, 9.17) is 16.3 Å². The van der Waals surface area contributed by atoms with Crippen LogP contribution in [0.4, 0.5) is 4.79 Å². The van der Waals surface area contributed by atoms with Gasteiger partial charge in [-0.15, -0.1) is 0 Å². The molecule has 4 atom stereocenters. The molecule has 0 aliphatic carbocycles. The molecular formula is C30H40ClN3O5S. The van der Waals surface area contributed by atoms with E-state index in [1.807, 2.05) is 76.2 Å². The Bertz CT molecular complexity index is 1150. The van der Waals surface area contributed by atoms with Crippen LogP contribution < -0.4 is 15.4 Å². The highest BCUT2D eigenvalue weighted by Gasteiger charge is 2.36. The number of rotatable bonds is 13. The average Bonchev–Trinajstić information content (AvgIpc) is 3.33. The first-order valence-corrected chi connectivity index (χ1v) is 14.9. The average molecular weight is 590 g/mol. The van der Waals surface area contributed by atoms with Crippen LogP contribution in [0.3, 0.4) is 0 Å². The minimum atomic E-state index is -0.670. The fourth-order valence-electron chi connectivity index (χ4n) is 4.87. The molecule has 1 saturated heterocycles. The molecule has 0 aromatic heterocycles. The minimum absolute atomic E-state index is 0.0566. The summed E-state index contributed by atoms with van der Waals surface area (Å²) in [6.45, 7) is 8.29. The van der Waals surface area contributed by atoms with E-state index in [1.165, 1.54) is 0 Å². The molecule has 0 spiro atoms. The Hall–Kier alpha value is -2.75. The lowest BCUT2D eigenvalue weighted by molar-refractivity contribution is -0.125. The Morgan fingerprint density at radius 1 is 1.18 bits per heavy atom. The molecule has 0 unspecified atom stereocenters. The van der Waals surface area contributed by atoms with E-state index >= 15 is 0 Å². The molecule has 0 bridgehead atoms. The Morgan fingerprint density at radius 3 is 2.50 bits per heavy atom. The van der Waals surface area contributed by atoms with Crippen molar-refractivity contribution in [2.45, 2.75) is 69.8 Å². The Balaban J connectivity index is 1.69. The molecule has 0 saturated carbocycles. The van der Waals surface area contributed by atoms with Crippen LogP contribution in [0.15, 0.2) is 54.6 Å². The first-order valence-electron chi connectivity index (χ1n) is 13.6. The summed E-state index contributed by atoms with van der Waals surface area (Å²) >= 11 is 7.26. The fraction of sp³-hybridized carbons (Fsp3) is 0.500. The molecule has 40 heavy (non-hydrogen) atoms. The molecule has 0 radical (unpaired) electrons. The summed E-state index contributed by atoms with van der Waals surface area (Å²) in [5, 5.41) is 15.5. The van der Waals surface area contributed by atoms with E-state index in [2.05, 4.69) is 15.4 Å². The molecule has 3 rings (SSSR count). The summed E-state index contributed by atoms with van der Waals surface area (Å²) in [4.78, 5) is 38.3. The molecule has 1 heterocycles. The van der Waals surface area contributed by atoms with Crippen LogP contribution in [-0.2, 0) is 19.7 Å². The van der Waals surface area contributed by atoms with Crippen LogP contribution in [-0.4, -0.2) is 47.5 Å².